The van der Waals surface area contributed by atoms with Crippen molar-refractivity contribution in [3.8, 4) is 0 Å². The van der Waals surface area contributed by atoms with Crippen LogP contribution in [0.5, 0.6) is 0 Å². The van der Waals surface area contributed by atoms with Gasteiger partial charge in [-0.2, -0.15) is 10.2 Å². The van der Waals surface area contributed by atoms with E-state index in [9.17, 15) is 9.59 Å². The Bertz CT molecular complexity index is 453. The van der Waals surface area contributed by atoms with Crippen LogP contribution in [0.1, 0.15) is 5.69 Å². The molecular formula is C11H14N4O4. The molecule has 1 aliphatic heterocycles. The van der Waals surface area contributed by atoms with Gasteiger partial charge in [0.1, 0.15) is 0 Å². The maximum absolute atomic E-state index is 11.9. The molecule has 0 radical (unpaired) electrons. The van der Waals surface area contributed by atoms with Gasteiger partial charge in [-0.1, -0.05) is 0 Å². The van der Waals surface area contributed by atoms with Gasteiger partial charge in [0.05, 0.1) is 25.5 Å². The second-order valence-corrected chi connectivity index (χ2v) is 4.00. The quantitative estimate of drug-likeness (QED) is 0.762. The summed E-state index contributed by atoms with van der Waals surface area (Å²) in [6.07, 6.45) is 1.54. The number of morpholine rings is 1. The molecule has 2 N–H and O–H groups in total. The van der Waals surface area contributed by atoms with Gasteiger partial charge < -0.3 is 20.1 Å². The monoisotopic (exact) mass is 266 g/mol. The van der Waals surface area contributed by atoms with Crippen LogP contribution in [0.4, 0.5) is 4.79 Å². The van der Waals surface area contributed by atoms with Crippen molar-refractivity contribution in [2.75, 3.05) is 19.8 Å². The molecule has 0 saturated carbocycles. The van der Waals surface area contributed by atoms with Crippen LogP contribution in [0.2, 0.25) is 0 Å². The van der Waals surface area contributed by atoms with E-state index in [0.29, 0.717) is 12.3 Å². The van der Waals surface area contributed by atoms with E-state index in [4.69, 9.17) is 9.84 Å². The highest BCUT2D eigenvalue weighted by Crippen LogP contribution is 2.07. The molecule has 0 spiro atoms. The molecule has 8 heteroatoms. The van der Waals surface area contributed by atoms with Gasteiger partial charge in [-0.3, -0.25) is 0 Å². The number of rotatable bonds is 3. The number of nitrogens with zero attached hydrogens (tertiary/aromatic N) is 3. The number of carboxylic acid groups (broad SMARTS) is 1. The fourth-order valence-corrected chi connectivity index (χ4v) is 1.75. The van der Waals surface area contributed by atoms with Crippen LogP contribution in [0.3, 0.4) is 0 Å². The second-order valence-electron chi connectivity index (χ2n) is 4.00. The van der Waals surface area contributed by atoms with E-state index in [2.05, 4.69) is 15.5 Å². The molecule has 102 valence electrons. The van der Waals surface area contributed by atoms with Gasteiger partial charge in [0.2, 0.25) is 0 Å². The summed E-state index contributed by atoms with van der Waals surface area (Å²) in [7, 11) is 0. The number of urea groups is 1. The second kappa shape index (κ2) is 6.10. The first-order chi connectivity index (χ1) is 9.18. The number of aliphatic carboxylic acids is 1. The van der Waals surface area contributed by atoms with Crippen LogP contribution in [-0.4, -0.2) is 58.0 Å². The van der Waals surface area contributed by atoms with E-state index in [1.54, 1.807) is 12.1 Å². The van der Waals surface area contributed by atoms with Crippen LogP contribution in [-0.2, 0) is 16.1 Å². The number of carbonyl (C=O) groups excluding carboxylic acids is 1. The van der Waals surface area contributed by atoms with Crippen LogP contribution >= 0.6 is 0 Å². The van der Waals surface area contributed by atoms with Gasteiger partial charge in [0.15, 0.2) is 6.04 Å². The summed E-state index contributed by atoms with van der Waals surface area (Å²) >= 11 is 0. The smallest absolute Gasteiger partial charge is 0.328 e. The lowest BCUT2D eigenvalue weighted by molar-refractivity contribution is -0.147. The van der Waals surface area contributed by atoms with Crippen LogP contribution in [0, 0.1) is 0 Å². The molecule has 1 unspecified atom stereocenters. The standard InChI is InChI=1S/C11H14N4O4/c16-10(17)9-7-19-5-4-15(9)11(18)12-6-8-2-1-3-13-14-8/h1-3,9H,4-7H2,(H,12,18)(H,16,17). The number of nitrogens with one attached hydrogen (secondary N) is 1. The molecule has 2 heterocycles. The van der Waals surface area contributed by atoms with Crippen molar-refractivity contribution in [1.82, 2.24) is 20.4 Å². The maximum Gasteiger partial charge on any atom is 0.328 e. The highest BCUT2D eigenvalue weighted by atomic mass is 16.5. The summed E-state index contributed by atoms with van der Waals surface area (Å²) in [5.41, 5.74) is 0.607. The van der Waals surface area contributed by atoms with Gasteiger partial charge in [-0.15, -0.1) is 0 Å². The van der Waals surface area contributed by atoms with E-state index in [-0.39, 0.29) is 19.7 Å². The summed E-state index contributed by atoms with van der Waals surface area (Å²) in [4.78, 5) is 24.2. The highest BCUT2D eigenvalue weighted by molar-refractivity contribution is 5.82. The van der Waals surface area contributed by atoms with E-state index >= 15 is 0 Å². The third-order valence-electron chi connectivity index (χ3n) is 2.72. The molecule has 2 rings (SSSR count). The van der Waals surface area contributed by atoms with Gasteiger partial charge in [-0.25, -0.2) is 9.59 Å². The molecule has 8 nitrogen and oxygen atoms in total. The molecule has 19 heavy (non-hydrogen) atoms. The summed E-state index contributed by atoms with van der Waals surface area (Å²) < 4.78 is 5.06. The molecule has 0 aliphatic carbocycles. The minimum absolute atomic E-state index is 0.00783. The number of carboxylic acids is 1. The molecular weight excluding hydrogens is 252 g/mol. The Labute approximate surface area is 109 Å². The van der Waals surface area contributed by atoms with Gasteiger partial charge in [0, 0.05) is 12.7 Å². The number of amides is 2. The van der Waals surface area contributed by atoms with Crippen molar-refractivity contribution in [2.24, 2.45) is 0 Å². The average Bonchev–Trinajstić information content (AvgIpc) is 2.46. The highest BCUT2D eigenvalue weighted by Gasteiger charge is 2.32. The SMILES string of the molecule is O=C(O)C1COCCN1C(=O)NCc1cccnn1. The zero-order valence-corrected chi connectivity index (χ0v) is 10.2. The van der Waals surface area contributed by atoms with Gasteiger partial charge in [-0.05, 0) is 12.1 Å². The predicted octanol–water partition coefficient (Wildman–Crippen LogP) is -0.528. The Balaban J connectivity index is 1.93. The lowest BCUT2D eigenvalue weighted by atomic mass is 10.2. The minimum Gasteiger partial charge on any atom is -0.480 e. The first kappa shape index (κ1) is 13.2. The van der Waals surface area contributed by atoms with Crippen molar-refractivity contribution in [3.63, 3.8) is 0 Å². The van der Waals surface area contributed by atoms with E-state index < -0.39 is 18.0 Å². The van der Waals surface area contributed by atoms with Crippen LogP contribution in [0.25, 0.3) is 0 Å². The molecule has 1 aliphatic rings. The van der Waals surface area contributed by atoms with E-state index in [1.165, 1.54) is 11.1 Å². The topological polar surface area (TPSA) is 105 Å². The Hall–Kier alpha value is -2.22. The number of hydrogen-bond acceptors (Lipinski definition) is 5. The molecule has 2 amide bonds. The number of carbonyl (C=O) groups is 2. The van der Waals surface area contributed by atoms with Gasteiger partial charge in [0.25, 0.3) is 0 Å². The van der Waals surface area contributed by atoms with Crippen molar-refractivity contribution >= 4 is 12.0 Å². The third kappa shape index (κ3) is 3.38. The summed E-state index contributed by atoms with van der Waals surface area (Å²) in [6.45, 7) is 0.801. The zero-order valence-electron chi connectivity index (χ0n) is 10.2. The Kier molecular flexibility index (Phi) is 4.24. The molecule has 1 saturated heterocycles. The number of ether oxygens (including phenoxy) is 1. The summed E-state index contributed by atoms with van der Waals surface area (Å²) in [6, 6.07) is 2.04. The van der Waals surface area contributed by atoms with E-state index in [1.807, 2.05) is 0 Å². The first-order valence-corrected chi connectivity index (χ1v) is 5.80. The lowest BCUT2D eigenvalue weighted by Crippen LogP contribution is -2.55. The summed E-state index contributed by atoms with van der Waals surface area (Å²) in [5.74, 6) is -1.07. The fourth-order valence-electron chi connectivity index (χ4n) is 1.75. The normalized spacial score (nSPS) is 18.9. The first-order valence-electron chi connectivity index (χ1n) is 5.80. The number of hydrogen-bond donors (Lipinski definition) is 2. The molecule has 1 aromatic heterocycles. The minimum atomic E-state index is -1.07. The maximum atomic E-state index is 11.9. The molecule has 1 fully saturated rings. The van der Waals surface area contributed by atoms with E-state index in [0.717, 1.165) is 0 Å². The van der Waals surface area contributed by atoms with Crippen molar-refractivity contribution in [3.05, 3.63) is 24.0 Å². The summed E-state index contributed by atoms with van der Waals surface area (Å²) in [5, 5.41) is 19.2. The Morgan fingerprint density at radius 3 is 3.11 bits per heavy atom. The third-order valence-corrected chi connectivity index (χ3v) is 2.72. The Morgan fingerprint density at radius 2 is 2.42 bits per heavy atom. The molecule has 1 atom stereocenters. The van der Waals surface area contributed by atoms with Crippen molar-refractivity contribution < 1.29 is 19.4 Å². The van der Waals surface area contributed by atoms with Crippen LogP contribution < -0.4 is 5.32 Å². The molecule has 0 bridgehead atoms. The van der Waals surface area contributed by atoms with Crippen molar-refractivity contribution in [1.29, 1.82) is 0 Å². The van der Waals surface area contributed by atoms with Gasteiger partial charge >= 0.3 is 12.0 Å². The van der Waals surface area contributed by atoms with Crippen molar-refractivity contribution in [2.45, 2.75) is 12.6 Å². The number of aromatic nitrogens is 2. The molecule has 0 aromatic carbocycles. The van der Waals surface area contributed by atoms with Crippen LogP contribution in [0.15, 0.2) is 18.3 Å². The largest absolute Gasteiger partial charge is 0.480 e. The fraction of sp³-hybridized carbons (Fsp3) is 0.455. The Morgan fingerprint density at radius 1 is 1.58 bits per heavy atom. The zero-order chi connectivity index (χ0) is 13.7. The molecule has 1 aromatic rings. The predicted molar refractivity (Wildman–Crippen MR) is 63.2 cm³/mol. The average molecular weight is 266 g/mol. The lowest BCUT2D eigenvalue weighted by Gasteiger charge is -2.32.